The third kappa shape index (κ3) is 5.03. The van der Waals surface area contributed by atoms with Crippen LogP contribution in [0.2, 0.25) is 0 Å². The lowest BCUT2D eigenvalue weighted by Gasteiger charge is -2.15. The lowest BCUT2D eigenvalue weighted by molar-refractivity contribution is -0.120. The van der Waals surface area contributed by atoms with Crippen molar-refractivity contribution >= 4 is 5.91 Å². The quantitative estimate of drug-likeness (QED) is 0.753. The van der Waals surface area contributed by atoms with Gasteiger partial charge in [-0.2, -0.15) is 0 Å². The second-order valence-electron chi connectivity index (χ2n) is 4.95. The summed E-state index contributed by atoms with van der Waals surface area (Å²) in [5, 5.41) is 15.7. The summed E-state index contributed by atoms with van der Waals surface area (Å²) in [6.45, 7) is 6.55. The van der Waals surface area contributed by atoms with Gasteiger partial charge in [-0.15, -0.1) is 0 Å². The maximum absolute atomic E-state index is 11.9. The van der Waals surface area contributed by atoms with Crippen molar-refractivity contribution in [3.8, 4) is 0 Å². The van der Waals surface area contributed by atoms with Crippen LogP contribution in [0, 0.1) is 19.8 Å². The molecule has 0 aliphatic carbocycles. The Balaban J connectivity index is 2.42. The van der Waals surface area contributed by atoms with Gasteiger partial charge in [0, 0.05) is 18.7 Å². The van der Waals surface area contributed by atoms with E-state index in [0.717, 1.165) is 30.5 Å². The molecule has 0 radical (unpaired) electrons. The zero-order chi connectivity index (χ0) is 14.3. The number of carbonyl (C=O) groups excluding carboxylic acids is 1. The molecule has 1 amide bonds. The Kier molecular flexibility index (Phi) is 6.56. The lowest BCUT2D eigenvalue weighted by atomic mass is 10.00. The summed E-state index contributed by atoms with van der Waals surface area (Å²) in [7, 11) is 0. The molecule has 0 bridgehead atoms. The number of aromatic nitrogens is 1. The van der Waals surface area contributed by atoms with Crippen LogP contribution in [0.3, 0.4) is 0 Å². The molecule has 5 nitrogen and oxygen atoms in total. The van der Waals surface area contributed by atoms with Gasteiger partial charge in [0.05, 0.1) is 12.1 Å². The van der Waals surface area contributed by atoms with E-state index in [1.165, 1.54) is 0 Å². The highest BCUT2D eigenvalue weighted by Crippen LogP contribution is 2.13. The molecule has 0 fully saturated rings. The summed E-state index contributed by atoms with van der Waals surface area (Å²) < 4.78 is 5.04. The molecule has 0 aliphatic rings. The summed E-state index contributed by atoms with van der Waals surface area (Å²) in [5.41, 5.74) is 1.64. The number of nitrogens with one attached hydrogen (secondary N) is 1. The average molecular weight is 268 g/mol. The number of hydrogen-bond acceptors (Lipinski definition) is 4. The van der Waals surface area contributed by atoms with Crippen molar-refractivity contribution in [2.75, 3.05) is 13.2 Å². The second-order valence-corrected chi connectivity index (χ2v) is 4.95. The topological polar surface area (TPSA) is 75.4 Å². The van der Waals surface area contributed by atoms with E-state index >= 15 is 0 Å². The first-order valence-corrected chi connectivity index (χ1v) is 6.87. The van der Waals surface area contributed by atoms with E-state index in [-0.39, 0.29) is 12.5 Å². The molecule has 19 heavy (non-hydrogen) atoms. The van der Waals surface area contributed by atoms with Gasteiger partial charge >= 0.3 is 0 Å². The van der Waals surface area contributed by atoms with Crippen LogP contribution in [0.4, 0.5) is 0 Å². The van der Waals surface area contributed by atoms with Crippen molar-refractivity contribution in [2.24, 2.45) is 5.92 Å². The zero-order valence-electron chi connectivity index (χ0n) is 12.0. The van der Waals surface area contributed by atoms with Crippen LogP contribution >= 0.6 is 0 Å². The minimum Gasteiger partial charge on any atom is -0.396 e. The third-order valence-corrected chi connectivity index (χ3v) is 3.34. The fourth-order valence-electron chi connectivity index (χ4n) is 2.17. The molecule has 2 N–H and O–H groups in total. The first kappa shape index (κ1) is 15.7. The number of rotatable bonds is 8. The molecular formula is C14H24N2O3. The molecular weight excluding hydrogens is 244 g/mol. The Morgan fingerprint density at radius 1 is 1.42 bits per heavy atom. The van der Waals surface area contributed by atoms with Crippen LogP contribution in [-0.2, 0) is 11.2 Å². The summed E-state index contributed by atoms with van der Waals surface area (Å²) in [6, 6.07) is 0. The maximum Gasteiger partial charge on any atom is 0.224 e. The molecule has 5 heteroatoms. The number of nitrogens with zero attached hydrogens (tertiary/aromatic N) is 1. The molecule has 1 rings (SSSR count). The van der Waals surface area contributed by atoms with E-state index in [1.54, 1.807) is 0 Å². The number of aryl methyl sites for hydroxylation is 2. The van der Waals surface area contributed by atoms with Gasteiger partial charge in [-0.3, -0.25) is 4.79 Å². The normalized spacial score (nSPS) is 12.4. The van der Waals surface area contributed by atoms with Gasteiger partial charge in [0.1, 0.15) is 5.76 Å². The van der Waals surface area contributed by atoms with Gasteiger partial charge in [-0.1, -0.05) is 18.5 Å². The van der Waals surface area contributed by atoms with E-state index in [1.807, 2.05) is 13.8 Å². The largest absolute Gasteiger partial charge is 0.396 e. The molecule has 0 saturated carbocycles. The molecule has 0 aromatic carbocycles. The first-order chi connectivity index (χ1) is 9.08. The highest BCUT2D eigenvalue weighted by molar-refractivity contribution is 5.78. The minimum atomic E-state index is -0.0200. The number of hydrogen-bond donors (Lipinski definition) is 2. The molecule has 0 spiro atoms. The van der Waals surface area contributed by atoms with Crippen LogP contribution in [0.25, 0.3) is 0 Å². The van der Waals surface area contributed by atoms with Crippen LogP contribution in [0.1, 0.15) is 43.2 Å². The van der Waals surface area contributed by atoms with Gasteiger partial charge in [-0.25, -0.2) is 0 Å². The minimum absolute atomic E-state index is 0.0200. The van der Waals surface area contributed by atoms with Gasteiger partial charge in [-0.05, 0) is 32.6 Å². The SMILES string of the molecule is CCCC(CCO)CNC(=O)Cc1c(C)noc1C. The maximum atomic E-state index is 11.9. The molecule has 108 valence electrons. The molecule has 1 unspecified atom stereocenters. The standard InChI is InChI=1S/C14H24N2O3/c1-4-5-12(6-7-17)9-15-14(18)8-13-10(2)16-19-11(13)3/h12,17H,4-9H2,1-3H3,(H,15,18). The summed E-state index contributed by atoms with van der Waals surface area (Å²) in [5.74, 6) is 1.03. The van der Waals surface area contributed by atoms with Crippen LogP contribution in [-0.4, -0.2) is 29.3 Å². The Bertz CT molecular complexity index is 376. The second kappa shape index (κ2) is 7.94. The van der Waals surface area contributed by atoms with Crippen molar-refractivity contribution in [3.63, 3.8) is 0 Å². The molecule has 0 saturated heterocycles. The van der Waals surface area contributed by atoms with Crippen LogP contribution < -0.4 is 5.32 Å². The fourth-order valence-corrected chi connectivity index (χ4v) is 2.17. The monoisotopic (exact) mass is 268 g/mol. The predicted octanol–water partition coefficient (Wildman–Crippen LogP) is 1.75. The molecule has 0 aliphatic heterocycles. The highest BCUT2D eigenvalue weighted by atomic mass is 16.5. The molecule has 1 aromatic heterocycles. The molecule has 1 heterocycles. The van der Waals surface area contributed by atoms with Crippen LogP contribution in [0.15, 0.2) is 4.52 Å². The van der Waals surface area contributed by atoms with Crippen molar-refractivity contribution in [2.45, 2.75) is 46.5 Å². The Labute approximate surface area is 114 Å². The van der Waals surface area contributed by atoms with Crippen molar-refractivity contribution < 1.29 is 14.4 Å². The van der Waals surface area contributed by atoms with E-state index < -0.39 is 0 Å². The van der Waals surface area contributed by atoms with Gasteiger partial charge in [0.15, 0.2) is 0 Å². The van der Waals surface area contributed by atoms with Crippen LogP contribution in [0.5, 0.6) is 0 Å². The number of aliphatic hydroxyl groups excluding tert-OH is 1. The van der Waals surface area contributed by atoms with E-state index in [2.05, 4.69) is 17.4 Å². The Hall–Kier alpha value is -1.36. The first-order valence-electron chi connectivity index (χ1n) is 6.87. The van der Waals surface area contributed by atoms with Gasteiger partial charge in [0.25, 0.3) is 0 Å². The number of carbonyl (C=O) groups is 1. The van der Waals surface area contributed by atoms with E-state index in [4.69, 9.17) is 9.63 Å². The Morgan fingerprint density at radius 3 is 2.68 bits per heavy atom. The smallest absolute Gasteiger partial charge is 0.224 e. The molecule has 1 aromatic rings. The van der Waals surface area contributed by atoms with Crippen molar-refractivity contribution in [1.82, 2.24) is 10.5 Å². The summed E-state index contributed by atoms with van der Waals surface area (Å²) >= 11 is 0. The summed E-state index contributed by atoms with van der Waals surface area (Å²) in [6.07, 6.45) is 3.12. The van der Waals surface area contributed by atoms with E-state index in [0.29, 0.717) is 24.6 Å². The lowest BCUT2D eigenvalue weighted by Crippen LogP contribution is -2.31. The Morgan fingerprint density at radius 2 is 2.16 bits per heavy atom. The fraction of sp³-hybridized carbons (Fsp3) is 0.714. The van der Waals surface area contributed by atoms with E-state index in [9.17, 15) is 4.79 Å². The van der Waals surface area contributed by atoms with Gasteiger partial charge < -0.3 is 14.9 Å². The average Bonchev–Trinajstić information content (AvgIpc) is 2.68. The molecule has 1 atom stereocenters. The number of amides is 1. The summed E-state index contributed by atoms with van der Waals surface area (Å²) in [4.78, 5) is 11.9. The number of aliphatic hydroxyl groups is 1. The predicted molar refractivity (Wildman–Crippen MR) is 72.8 cm³/mol. The highest BCUT2D eigenvalue weighted by Gasteiger charge is 2.14. The third-order valence-electron chi connectivity index (χ3n) is 3.34. The van der Waals surface area contributed by atoms with Crippen molar-refractivity contribution in [3.05, 3.63) is 17.0 Å². The van der Waals surface area contributed by atoms with Gasteiger partial charge in [0.2, 0.25) is 5.91 Å². The zero-order valence-corrected chi connectivity index (χ0v) is 12.0. The van der Waals surface area contributed by atoms with Crippen molar-refractivity contribution in [1.29, 1.82) is 0 Å².